The van der Waals surface area contributed by atoms with E-state index in [9.17, 15) is 0 Å². The first-order chi connectivity index (χ1) is 7.33. The highest BCUT2D eigenvalue weighted by molar-refractivity contribution is 4.89. The Balaban J connectivity index is 1.66. The van der Waals surface area contributed by atoms with E-state index >= 15 is 0 Å². The maximum Gasteiger partial charge on any atom is 0.0350 e. The second-order valence-corrected chi connectivity index (χ2v) is 5.27. The molecular weight excluding hydrogens is 184 g/mol. The molecule has 88 valence electrons. The van der Waals surface area contributed by atoms with Crippen LogP contribution in [0.4, 0.5) is 0 Å². The molecule has 2 aliphatic rings. The lowest BCUT2D eigenvalue weighted by Crippen LogP contribution is -2.60. The summed E-state index contributed by atoms with van der Waals surface area (Å²) < 4.78 is 0. The predicted octanol–water partition coefficient (Wildman–Crippen LogP) is 2.20. The number of likely N-dealkylation sites (tertiary alicyclic amines) is 2. The molecule has 0 aromatic rings. The van der Waals surface area contributed by atoms with E-state index in [1.807, 2.05) is 0 Å². The van der Waals surface area contributed by atoms with E-state index in [-0.39, 0.29) is 0 Å². The Hall–Kier alpha value is -0.0800. The van der Waals surface area contributed by atoms with Gasteiger partial charge in [0.05, 0.1) is 0 Å². The molecule has 0 N–H and O–H groups in total. The first-order valence-corrected chi connectivity index (χ1v) is 6.79. The van der Waals surface area contributed by atoms with Crippen LogP contribution in [0.2, 0.25) is 0 Å². The van der Waals surface area contributed by atoms with Crippen molar-refractivity contribution in [2.75, 3.05) is 32.7 Å². The lowest BCUT2D eigenvalue weighted by Gasteiger charge is -2.47. The Morgan fingerprint density at radius 2 is 1.73 bits per heavy atom. The molecule has 0 saturated carbocycles. The van der Waals surface area contributed by atoms with Crippen molar-refractivity contribution >= 4 is 0 Å². The summed E-state index contributed by atoms with van der Waals surface area (Å²) in [7, 11) is 0. The van der Waals surface area contributed by atoms with Crippen molar-refractivity contribution in [3.05, 3.63) is 0 Å². The third-order valence-corrected chi connectivity index (χ3v) is 4.25. The van der Waals surface area contributed by atoms with Crippen LogP contribution in [-0.4, -0.2) is 48.6 Å². The molecular formula is C13H26N2. The molecule has 0 aliphatic carbocycles. The third-order valence-electron chi connectivity index (χ3n) is 4.25. The number of likely N-dealkylation sites (N-methyl/N-ethyl adjacent to an activating group) is 1. The highest BCUT2D eigenvalue weighted by atomic mass is 15.3. The van der Waals surface area contributed by atoms with Crippen molar-refractivity contribution in [2.45, 2.75) is 45.6 Å². The Morgan fingerprint density at radius 1 is 1.07 bits per heavy atom. The van der Waals surface area contributed by atoms with E-state index in [0.29, 0.717) is 0 Å². The number of hydrogen-bond acceptors (Lipinski definition) is 2. The summed E-state index contributed by atoms with van der Waals surface area (Å²) in [6, 6.07) is 0.896. The lowest BCUT2D eigenvalue weighted by atomic mass is 9.91. The summed E-state index contributed by atoms with van der Waals surface area (Å²) in [5, 5.41) is 0. The molecule has 0 aromatic heterocycles. The Bertz CT molecular complexity index is 179. The van der Waals surface area contributed by atoms with Gasteiger partial charge < -0.3 is 4.90 Å². The van der Waals surface area contributed by atoms with E-state index in [2.05, 4.69) is 23.6 Å². The van der Waals surface area contributed by atoms with E-state index in [1.165, 1.54) is 58.4 Å². The topological polar surface area (TPSA) is 6.48 Å². The van der Waals surface area contributed by atoms with Gasteiger partial charge >= 0.3 is 0 Å². The van der Waals surface area contributed by atoms with Gasteiger partial charge in [-0.05, 0) is 38.4 Å². The van der Waals surface area contributed by atoms with Crippen LogP contribution in [0.5, 0.6) is 0 Å². The molecule has 0 aromatic carbocycles. The van der Waals surface area contributed by atoms with Crippen molar-refractivity contribution in [1.29, 1.82) is 0 Å². The van der Waals surface area contributed by atoms with E-state index in [4.69, 9.17) is 0 Å². The number of nitrogens with zero attached hydrogens (tertiary/aromatic N) is 2. The van der Waals surface area contributed by atoms with Crippen molar-refractivity contribution < 1.29 is 0 Å². The Labute approximate surface area is 94.6 Å². The van der Waals surface area contributed by atoms with Gasteiger partial charge in [-0.1, -0.05) is 26.7 Å². The molecule has 0 spiro atoms. The van der Waals surface area contributed by atoms with Gasteiger partial charge in [0.2, 0.25) is 0 Å². The fourth-order valence-corrected chi connectivity index (χ4v) is 3.05. The summed E-state index contributed by atoms with van der Waals surface area (Å²) >= 11 is 0. The molecule has 0 atom stereocenters. The molecule has 0 bridgehead atoms. The molecule has 2 heteroatoms. The van der Waals surface area contributed by atoms with Crippen molar-refractivity contribution in [3.63, 3.8) is 0 Å². The minimum absolute atomic E-state index is 0.896. The maximum atomic E-state index is 2.73. The van der Waals surface area contributed by atoms with Crippen molar-refractivity contribution in [2.24, 2.45) is 5.92 Å². The van der Waals surface area contributed by atoms with Gasteiger partial charge in [0.15, 0.2) is 0 Å². The quantitative estimate of drug-likeness (QED) is 0.702. The Morgan fingerprint density at radius 3 is 2.27 bits per heavy atom. The SMILES string of the molecule is CCCC1CCN(C2CN(CC)C2)CC1. The highest BCUT2D eigenvalue weighted by Crippen LogP contribution is 2.25. The molecule has 2 rings (SSSR count). The number of hydrogen-bond donors (Lipinski definition) is 0. The highest BCUT2D eigenvalue weighted by Gasteiger charge is 2.32. The zero-order valence-electron chi connectivity index (χ0n) is 10.4. The zero-order chi connectivity index (χ0) is 10.7. The molecule has 0 unspecified atom stereocenters. The van der Waals surface area contributed by atoms with Gasteiger partial charge in [0.25, 0.3) is 0 Å². The molecule has 2 nitrogen and oxygen atoms in total. The molecule has 2 aliphatic heterocycles. The van der Waals surface area contributed by atoms with Crippen molar-refractivity contribution in [3.8, 4) is 0 Å². The van der Waals surface area contributed by atoms with Crippen LogP contribution in [-0.2, 0) is 0 Å². The van der Waals surface area contributed by atoms with E-state index in [1.54, 1.807) is 0 Å². The molecule has 0 amide bonds. The lowest BCUT2D eigenvalue weighted by molar-refractivity contribution is 0.0168. The van der Waals surface area contributed by atoms with Crippen LogP contribution in [0.1, 0.15) is 39.5 Å². The van der Waals surface area contributed by atoms with Crippen LogP contribution in [0.15, 0.2) is 0 Å². The normalized spacial score (nSPS) is 26.8. The first kappa shape index (κ1) is 11.4. The zero-order valence-corrected chi connectivity index (χ0v) is 10.4. The number of rotatable bonds is 4. The summed E-state index contributed by atoms with van der Waals surface area (Å²) in [5.41, 5.74) is 0. The molecule has 2 fully saturated rings. The summed E-state index contributed by atoms with van der Waals surface area (Å²) in [6.07, 6.45) is 5.74. The molecule has 15 heavy (non-hydrogen) atoms. The summed E-state index contributed by atoms with van der Waals surface area (Å²) in [5.74, 6) is 1.04. The Kier molecular flexibility index (Phi) is 4.04. The largest absolute Gasteiger partial charge is 0.300 e. The van der Waals surface area contributed by atoms with Gasteiger partial charge in [0.1, 0.15) is 0 Å². The van der Waals surface area contributed by atoms with Gasteiger partial charge in [-0.15, -0.1) is 0 Å². The van der Waals surface area contributed by atoms with Gasteiger partial charge in [-0.3, -0.25) is 4.90 Å². The molecule has 2 saturated heterocycles. The summed E-state index contributed by atoms with van der Waals surface area (Å²) in [6.45, 7) is 11.2. The van der Waals surface area contributed by atoms with E-state index < -0.39 is 0 Å². The smallest absolute Gasteiger partial charge is 0.0350 e. The monoisotopic (exact) mass is 210 g/mol. The standard InChI is InChI=1S/C13H26N2/c1-3-5-12-6-8-15(9-7-12)13-10-14(4-2)11-13/h12-13H,3-11H2,1-2H3. The van der Waals surface area contributed by atoms with Gasteiger partial charge in [-0.25, -0.2) is 0 Å². The molecule has 2 heterocycles. The van der Waals surface area contributed by atoms with Gasteiger partial charge in [0, 0.05) is 19.1 Å². The van der Waals surface area contributed by atoms with Crippen LogP contribution < -0.4 is 0 Å². The maximum absolute atomic E-state index is 2.73. The average Bonchev–Trinajstić information content (AvgIpc) is 2.19. The molecule has 0 radical (unpaired) electrons. The summed E-state index contributed by atoms with van der Waals surface area (Å²) in [4.78, 5) is 5.28. The predicted molar refractivity (Wildman–Crippen MR) is 65.1 cm³/mol. The van der Waals surface area contributed by atoms with Crippen LogP contribution in [0.25, 0.3) is 0 Å². The third kappa shape index (κ3) is 2.73. The van der Waals surface area contributed by atoms with Crippen LogP contribution in [0, 0.1) is 5.92 Å². The fraction of sp³-hybridized carbons (Fsp3) is 1.00. The average molecular weight is 210 g/mol. The minimum atomic E-state index is 0.896. The van der Waals surface area contributed by atoms with Gasteiger partial charge in [-0.2, -0.15) is 0 Å². The van der Waals surface area contributed by atoms with E-state index in [0.717, 1.165) is 12.0 Å². The van der Waals surface area contributed by atoms with Crippen LogP contribution in [0.3, 0.4) is 0 Å². The van der Waals surface area contributed by atoms with Crippen LogP contribution >= 0.6 is 0 Å². The minimum Gasteiger partial charge on any atom is -0.300 e. The fourth-order valence-electron chi connectivity index (χ4n) is 3.05. The first-order valence-electron chi connectivity index (χ1n) is 6.79. The van der Waals surface area contributed by atoms with Crippen molar-refractivity contribution in [1.82, 2.24) is 9.80 Å². The number of piperidine rings is 1. The second-order valence-electron chi connectivity index (χ2n) is 5.27. The second kappa shape index (κ2) is 5.31.